The number of carbonyl (C=O) groups excluding carboxylic acids is 1. The third-order valence-corrected chi connectivity index (χ3v) is 9.27. The molecule has 8 nitrogen and oxygen atoms in total. The zero-order valence-electron chi connectivity index (χ0n) is 21.1. The van der Waals surface area contributed by atoms with Gasteiger partial charge in [0, 0.05) is 25.6 Å². The van der Waals surface area contributed by atoms with Gasteiger partial charge < -0.3 is 28.7 Å². The molecule has 9 heteroatoms. The zero-order chi connectivity index (χ0) is 24.8. The molecule has 3 aliphatic rings. The Morgan fingerprint density at radius 3 is 2.57 bits per heavy atom. The van der Waals surface area contributed by atoms with E-state index >= 15 is 0 Å². The number of carbonyl (C=O) groups is 1. The smallest absolute Gasteiger partial charge is 0.334 e. The Bertz CT molecular complexity index is 944. The number of nitrogens with one attached hydrogen (secondary N) is 1. The lowest BCUT2D eigenvalue weighted by molar-refractivity contribution is 0.133. The number of urea groups is 1. The van der Waals surface area contributed by atoms with E-state index in [1.165, 1.54) is 19.3 Å². The molecular weight excluding hydrogens is 467 g/mol. The van der Waals surface area contributed by atoms with Crippen molar-refractivity contribution in [3.05, 3.63) is 35.9 Å². The van der Waals surface area contributed by atoms with Crippen LogP contribution in [-0.2, 0) is 13.6 Å². The Morgan fingerprint density at radius 1 is 1.11 bits per heavy atom. The SMILES string of the molecule is CCOP(=O)(C/C=C/CN1CC(c2ccc(OC)c(O[C@H]3C[C@@H]4CC[C@H]3C4)c2)CNC1=O)OCC. The number of hydrogen-bond donors (Lipinski definition) is 1. The molecule has 35 heavy (non-hydrogen) atoms. The molecule has 1 N–H and O–H groups in total. The average molecular weight is 507 g/mol. The second-order valence-corrected chi connectivity index (χ2v) is 11.7. The third kappa shape index (κ3) is 6.41. The van der Waals surface area contributed by atoms with Crippen molar-refractivity contribution in [1.82, 2.24) is 10.2 Å². The fourth-order valence-electron chi connectivity index (χ4n) is 5.59. The minimum absolute atomic E-state index is 0.101. The molecule has 2 aliphatic carbocycles. The molecule has 4 atom stereocenters. The second kappa shape index (κ2) is 11.8. The Hall–Kier alpha value is -2.02. The maximum absolute atomic E-state index is 12.6. The quantitative estimate of drug-likeness (QED) is 0.310. The van der Waals surface area contributed by atoms with Crippen molar-refractivity contribution in [2.45, 2.75) is 51.6 Å². The fourth-order valence-corrected chi connectivity index (χ4v) is 7.07. The lowest BCUT2D eigenvalue weighted by atomic mass is 9.95. The van der Waals surface area contributed by atoms with E-state index in [-0.39, 0.29) is 24.2 Å². The highest BCUT2D eigenvalue weighted by Gasteiger charge is 2.41. The Labute approximate surface area is 208 Å². The zero-order valence-corrected chi connectivity index (χ0v) is 22.0. The van der Waals surface area contributed by atoms with Crippen LogP contribution in [0.15, 0.2) is 30.4 Å². The van der Waals surface area contributed by atoms with Crippen LogP contribution in [0.4, 0.5) is 4.79 Å². The second-order valence-electron chi connectivity index (χ2n) is 9.63. The summed E-state index contributed by atoms with van der Waals surface area (Å²) in [5.74, 6) is 3.15. The summed E-state index contributed by atoms with van der Waals surface area (Å²) in [5, 5.41) is 3.00. The topological polar surface area (TPSA) is 86.3 Å². The normalized spacial score (nSPS) is 26.4. The van der Waals surface area contributed by atoms with Gasteiger partial charge in [-0.3, -0.25) is 4.57 Å². The van der Waals surface area contributed by atoms with Crippen LogP contribution >= 0.6 is 7.60 Å². The predicted molar refractivity (Wildman–Crippen MR) is 135 cm³/mol. The lowest BCUT2D eigenvalue weighted by Gasteiger charge is -2.33. The van der Waals surface area contributed by atoms with Gasteiger partial charge in [0.15, 0.2) is 11.5 Å². The number of methoxy groups -OCH3 is 1. The van der Waals surface area contributed by atoms with Crippen molar-refractivity contribution < 1.29 is 27.9 Å². The van der Waals surface area contributed by atoms with Crippen LogP contribution < -0.4 is 14.8 Å². The van der Waals surface area contributed by atoms with Crippen molar-refractivity contribution in [3.8, 4) is 11.5 Å². The summed E-state index contributed by atoms with van der Waals surface area (Å²) in [5.41, 5.74) is 1.12. The molecule has 1 unspecified atom stereocenters. The van der Waals surface area contributed by atoms with Crippen molar-refractivity contribution in [3.63, 3.8) is 0 Å². The molecule has 1 saturated heterocycles. The van der Waals surface area contributed by atoms with Crippen molar-refractivity contribution in [2.75, 3.05) is 46.1 Å². The minimum atomic E-state index is -3.13. The van der Waals surface area contributed by atoms with E-state index in [0.29, 0.717) is 38.8 Å². The van der Waals surface area contributed by atoms with Gasteiger partial charge in [-0.2, -0.15) is 0 Å². The van der Waals surface area contributed by atoms with Crippen molar-refractivity contribution in [1.29, 1.82) is 0 Å². The van der Waals surface area contributed by atoms with Gasteiger partial charge in [-0.1, -0.05) is 18.2 Å². The predicted octanol–water partition coefficient (Wildman–Crippen LogP) is 5.19. The first-order valence-electron chi connectivity index (χ1n) is 12.8. The molecule has 2 bridgehead atoms. The lowest BCUT2D eigenvalue weighted by Crippen LogP contribution is -2.50. The van der Waals surface area contributed by atoms with Crippen LogP contribution in [0.2, 0.25) is 0 Å². The minimum Gasteiger partial charge on any atom is -0.493 e. The van der Waals surface area contributed by atoms with Gasteiger partial charge in [0.2, 0.25) is 0 Å². The van der Waals surface area contributed by atoms with E-state index in [1.54, 1.807) is 31.9 Å². The Kier molecular flexibility index (Phi) is 8.79. The third-order valence-electron chi connectivity index (χ3n) is 7.31. The van der Waals surface area contributed by atoms with Crippen LogP contribution in [0.3, 0.4) is 0 Å². The average Bonchev–Trinajstić information content (AvgIpc) is 3.47. The number of benzene rings is 1. The molecule has 194 valence electrons. The number of nitrogens with zero attached hydrogens (tertiary/aromatic N) is 1. The molecule has 0 spiro atoms. The molecule has 3 fully saturated rings. The number of hydrogen-bond acceptors (Lipinski definition) is 6. The van der Waals surface area contributed by atoms with Crippen LogP contribution in [0.25, 0.3) is 0 Å². The summed E-state index contributed by atoms with van der Waals surface area (Å²) in [6.45, 7) is 5.83. The van der Waals surface area contributed by atoms with Gasteiger partial charge >= 0.3 is 13.6 Å². The van der Waals surface area contributed by atoms with Crippen LogP contribution in [-0.4, -0.2) is 63.2 Å². The van der Waals surface area contributed by atoms with Crippen LogP contribution in [0.1, 0.15) is 51.0 Å². The van der Waals surface area contributed by atoms with E-state index in [2.05, 4.69) is 17.4 Å². The van der Waals surface area contributed by atoms with Gasteiger partial charge in [0.05, 0.1) is 26.5 Å². The summed E-state index contributed by atoms with van der Waals surface area (Å²) in [4.78, 5) is 14.2. The summed E-state index contributed by atoms with van der Waals surface area (Å²) in [6, 6.07) is 6.01. The Balaban J connectivity index is 1.38. The highest BCUT2D eigenvalue weighted by atomic mass is 31.2. The van der Waals surface area contributed by atoms with E-state index in [9.17, 15) is 9.36 Å². The summed E-state index contributed by atoms with van der Waals surface area (Å²) in [6.07, 6.45) is 9.11. The first-order chi connectivity index (χ1) is 16.9. The van der Waals surface area contributed by atoms with Gasteiger partial charge in [0.1, 0.15) is 6.10 Å². The first-order valence-corrected chi connectivity index (χ1v) is 14.6. The Morgan fingerprint density at radius 2 is 1.91 bits per heavy atom. The van der Waals surface area contributed by atoms with Gasteiger partial charge in [0.25, 0.3) is 0 Å². The van der Waals surface area contributed by atoms with E-state index in [4.69, 9.17) is 18.5 Å². The van der Waals surface area contributed by atoms with Crippen molar-refractivity contribution >= 4 is 13.6 Å². The molecule has 2 saturated carbocycles. The van der Waals surface area contributed by atoms with E-state index in [1.807, 2.05) is 12.1 Å². The molecular formula is C26H39N2O6P. The summed E-state index contributed by atoms with van der Waals surface area (Å²) >= 11 is 0. The number of rotatable bonds is 12. The molecule has 1 heterocycles. The summed E-state index contributed by atoms with van der Waals surface area (Å²) in [7, 11) is -1.45. The highest BCUT2D eigenvalue weighted by Crippen LogP contribution is 2.48. The number of fused-ring (bicyclic) bond motifs is 2. The highest BCUT2D eigenvalue weighted by molar-refractivity contribution is 7.54. The van der Waals surface area contributed by atoms with Gasteiger partial charge in [-0.25, -0.2) is 4.79 Å². The molecule has 1 aromatic carbocycles. The van der Waals surface area contributed by atoms with Crippen molar-refractivity contribution in [2.24, 2.45) is 11.8 Å². The molecule has 0 aromatic heterocycles. The first kappa shape index (κ1) is 26.1. The van der Waals surface area contributed by atoms with E-state index < -0.39 is 7.60 Å². The fraction of sp³-hybridized carbons (Fsp3) is 0.654. The van der Waals surface area contributed by atoms with Gasteiger partial charge in [-0.15, -0.1) is 0 Å². The standard InChI is InChI=1S/C26H39N2O6P/c1-4-32-35(30,33-5-2)13-7-6-12-28-18-22(17-27-26(28)29)20-10-11-23(31-3)25(16-20)34-24-15-19-8-9-21(24)14-19/h6-7,10-11,16,19,21-22,24H,4-5,8-9,12-15,17-18H2,1-3H3,(H,27,29)/b7-6+/t19-,21+,22?,24+/m1/s1. The van der Waals surface area contributed by atoms with Crippen LogP contribution in [0, 0.1) is 11.8 Å². The molecule has 0 radical (unpaired) electrons. The molecule has 1 aliphatic heterocycles. The number of allylic oxidation sites excluding steroid dienone is 1. The number of ether oxygens (including phenoxy) is 2. The van der Waals surface area contributed by atoms with Gasteiger partial charge in [-0.05, 0) is 69.1 Å². The molecule has 4 rings (SSSR count). The van der Waals surface area contributed by atoms with E-state index in [0.717, 1.165) is 29.4 Å². The molecule has 1 aromatic rings. The molecule has 2 amide bonds. The maximum Gasteiger partial charge on any atom is 0.334 e. The van der Waals surface area contributed by atoms with Crippen LogP contribution in [0.5, 0.6) is 11.5 Å². The largest absolute Gasteiger partial charge is 0.493 e. The maximum atomic E-state index is 12.6. The summed E-state index contributed by atoms with van der Waals surface area (Å²) < 4.78 is 35.3. The monoisotopic (exact) mass is 506 g/mol. The number of amides is 2.